The first-order chi connectivity index (χ1) is 8.24. The van der Waals surface area contributed by atoms with Crippen LogP contribution in [0.15, 0.2) is 12.2 Å². The third-order valence-electron chi connectivity index (χ3n) is 2.04. The van der Waals surface area contributed by atoms with Gasteiger partial charge in [0.15, 0.2) is 0 Å². The molecule has 7 heteroatoms. The van der Waals surface area contributed by atoms with Crippen LogP contribution in [0.5, 0.6) is 0 Å². The fourth-order valence-electron chi connectivity index (χ4n) is 1.10. The van der Waals surface area contributed by atoms with E-state index in [2.05, 4.69) is 11.9 Å². The van der Waals surface area contributed by atoms with Crippen molar-refractivity contribution in [2.24, 2.45) is 0 Å². The summed E-state index contributed by atoms with van der Waals surface area (Å²) in [6.45, 7) is 5.83. The summed E-state index contributed by atoms with van der Waals surface area (Å²) in [5.41, 5.74) is 0.379. The minimum Gasteiger partial charge on any atom is -0.350 e. The highest BCUT2D eigenvalue weighted by molar-refractivity contribution is 7.86. The third-order valence-corrected chi connectivity index (χ3v) is 3.35. The van der Waals surface area contributed by atoms with E-state index in [1.54, 1.807) is 6.92 Å². The van der Waals surface area contributed by atoms with E-state index in [0.717, 1.165) is 0 Å². The molecule has 0 bridgehead atoms. The minimum atomic E-state index is -3.50. The molecule has 0 aromatic rings. The monoisotopic (exact) mass is 278 g/mol. The first kappa shape index (κ1) is 17.1. The van der Waals surface area contributed by atoms with Crippen LogP contribution in [-0.2, 0) is 19.1 Å². The maximum Gasteiger partial charge on any atom is 0.267 e. The van der Waals surface area contributed by atoms with Crippen LogP contribution in [0.25, 0.3) is 0 Å². The molecular weight excluding hydrogens is 256 g/mol. The molecule has 0 aliphatic heterocycles. The average Bonchev–Trinajstić information content (AvgIpc) is 2.23. The molecule has 0 saturated carbocycles. The summed E-state index contributed by atoms with van der Waals surface area (Å²) in [6.07, 6.45) is 0.521. The number of nitrogens with zero attached hydrogens (tertiary/aromatic N) is 1. The zero-order valence-corrected chi connectivity index (χ0v) is 12.0. The molecule has 18 heavy (non-hydrogen) atoms. The number of nitrogens with one attached hydrogen (secondary N) is 1. The van der Waals surface area contributed by atoms with E-state index in [4.69, 9.17) is 4.18 Å². The van der Waals surface area contributed by atoms with Crippen LogP contribution in [0.4, 0.5) is 0 Å². The Kier molecular flexibility index (Phi) is 7.81. The lowest BCUT2D eigenvalue weighted by molar-refractivity contribution is -0.117. The Morgan fingerprint density at radius 1 is 1.39 bits per heavy atom. The van der Waals surface area contributed by atoms with Crippen molar-refractivity contribution in [1.82, 2.24) is 10.2 Å². The molecule has 0 saturated heterocycles. The van der Waals surface area contributed by atoms with Gasteiger partial charge in [0, 0.05) is 12.1 Å². The SMILES string of the molecule is C=C(C)C(=O)NCCOS(=O)(=O)CCCN(C)C. The van der Waals surface area contributed by atoms with Crippen molar-refractivity contribution in [3.05, 3.63) is 12.2 Å². The fourth-order valence-corrected chi connectivity index (χ4v) is 2.04. The summed E-state index contributed by atoms with van der Waals surface area (Å²) in [7, 11) is 0.255. The second-order valence-electron chi connectivity index (χ2n) is 4.28. The maximum atomic E-state index is 11.4. The van der Waals surface area contributed by atoms with Gasteiger partial charge < -0.3 is 10.2 Å². The van der Waals surface area contributed by atoms with Gasteiger partial charge in [-0.25, -0.2) is 0 Å². The lowest BCUT2D eigenvalue weighted by atomic mass is 10.3. The minimum absolute atomic E-state index is 0.0143. The van der Waals surface area contributed by atoms with Crippen molar-refractivity contribution in [3.63, 3.8) is 0 Å². The molecule has 1 amide bonds. The highest BCUT2D eigenvalue weighted by Crippen LogP contribution is 1.97. The summed E-state index contributed by atoms with van der Waals surface area (Å²) < 4.78 is 27.6. The van der Waals surface area contributed by atoms with Gasteiger partial charge in [-0.15, -0.1) is 0 Å². The molecular formula is C11H22N2O4S. The van der Waals surface area contributed by atoms with Crippen molar-refractivity contribution < 1.29 is 17.4 Å². The van der Waals surface area contributed by atoms with E-state index in [9.17, 15) is 13.2 Å². The van der Waals surface area contributed by atoms with Crippen LogP contribution < -0.4 is 5.32 Å². The Hall–Kier alpha value is -0.920. The predicted molar refractivity (Wildman–Crippen MR) is 70.7 cm³/mol. The van der Waals surface area contributed by atoms with E-state index in [1.807, 2.05) is 19.0 Å². The number of carbonyl (C=O) groups is 1. The molecule has 6 nitrogen and oxygen atoms in total. The molecule has 0 aliphatic carbocycles. The normalized spacial score (nSPS) is 11.6. The molecule has 106 valence electrons. The first-order valence-corrected chi connectivity index (χ1v) is 7.28. The van der Waals surface area contributed by atoms with Crippen LogP contribution in [0.1, 0.15) is 13.3 Å². The summed E-state index contributed by atoms with van der Waals surface area (Å²) >= 11 is 0. The van der Waals surface area contributed by atoms with E-state index in [0.29, 0.717) is 18.5 Å². The van der Waals surface area contributed by atoms with E-state index in [-0.39, 0.29) is 24.8 Å². The molecule has 0 spiro atoms. The molecule has 0 aliphatic rings. The van der Waals surface area contributed by atoms with Crippen LogP contribution >= 0.6 is 0 Å². The van der Waals surface area contributed by atoms with Crippen molar-refractivity contribution in [2.75, 3.05) is 39.5 Å². The summed E-state index contributed by atoms with van der Waals surface area (Å²) in [6, 6.07) is 0. The van der Waals surface area contributed by atoms with Gasteiger partial charge in [0.1, 0.15) is 0 Å². The van der Waals surface area contributed by atoms with Gasteiger partial charge in [-0.05, 0) is 34.0 Å². The first-order valence-electron chi connectivity index (χ1n) is 5.70. The molecule has 0 aromatic heterocycles. The molecule has 1 N–H and O–H groups in total. The Bertz CT molecular complexity index is 377. The summed E-state index contributed by atoms with van der Waals surface area (Å²) in [5.74, 6) is -0.316. The Balaban J connectivity index is 3.77. The lowest BCUT2D eigenvalue weighted by Gasteiger charge is -2.10. The largest absolute Gasteiger partial charge is 0.350 e. The maximum absolute atomic E-state index is 11.4. The highest BCUT2D eigenvalue weighted by Gasteiger charge is 2.11. The highest BCUT2D eigenvalue weighted by atomic mass is 32.2. The smallest absolute Gasteiger partial charge is 0.267 e. The van der Waals surface area contributed by atoms with Crippen LogP contribution in [0.2, 0.25) is 0 Å². The van der Waals surface area contributed by atoms with Gasteiger partial charge in [0.05, 0.1) is 12.4 Å². The van der Waals surface area contributed by atoms with Gasteiger partial charge in [-0.2, -0.15) is 8.42 Å². The molecule has 0 rings (SSSR count). The van der Waals surface area contributed by atoms with Crippen molar-refractivity contribution in [1.29, 1.82) is 0 Å². The molecule has 0 atom stereocenters. The predicted octanol–water partition coefficient (Wildman–Crippen LogP) is -0.0232. The Labute approximate surface area is 109 Å². The van der Waals surface area contributed by atoms with Gasteiger partial charge in [0.25, 0.3) is 10.1 Å². The number of carbonyl (C=O) groups excluding carboxylic acids is 1. The van der Waals surface area contributed by atoms with E-state index >= 15 is 0 Å². The van der Waals surface area contributed by atoms with Crippen LogP contribution in [-0.4, -0.2) is 58.8 Å². The van der Waals surface area contributed by atoms with Gasteiger partial charge in [-0.3, -0.25) is 8.98 Å². The van der Waals surface area contributed by atoms with Gasteiger partial charge in [0.2, 0.25) is 5.91 Å². The number of hydrogen-bond acceptors (Lipinski definition) is 5. The zero-order valence-electron chi connectivity index (χ0n) is 11.2. The number of amides is 1. The number of hydrogen-bond donors (Lipinski definition) is 1. The van der Waals surface area contributed by atoms with Crippen LogP contribution in [0.3, 0.4) is 0 Å². The average molecular weight is 278 g/mol. The van der Waals surface area contributed by atoms with E-state index in [1.165, 1.54) is 0 Å². The lowest BCUT2D eigenvalue weighted by Crippen LogP contribution is -2.29. The van der Waals surface area contributed by atoms with Gasteiger partial charge >= 0.3 is 0 Å². The van der Waals surface area contributed by atoms with Crippen molar-refractivity contribution in [2.45, 2.75) is 13.3 Å². The quantitative estimate of drug-likeness (QED) is 0.364. The van der Waals surface area contributed by atoms with Crippen LogP contribution in [0, 0.1) is 0 Å². The summed E-state index contributed by atoms with van der Waals surface area (Å²) in [4.78, 5) is 13.0. The van der Waals surface area contributed by atoms with Gasteiger partial charge in [-0.1, -0.05) is 6.58 Å². The Morgan fingerprint density at radius 3 is 2.50 bits per heavy atom. The molecule has 0 aromatic carbocycles. The standard InChI is InChI=1S/C11H22N2O4S/c1-10(2)11(14)12-6-8-17-18(15,16)9-5-7-13(3)4/h1,5-9H2,2-4H3,(H,12,14). The molecule has 0 fully saturated rings. The molecule has 0 radical (unpaired) electrons. The van der Waals surface area contributed by atoms with Crippen molar-refractivity contribution >= 4 is 16.0 Å². The van der Waals surface area contributed by atoms with Crippen molar-refractivity contribution in [3.8, 4) is 0 Å². The molecule has 0 unspecified atom stereocenters. The summed E-state index contributed by atoms with van der Waals surface area (Å²) in [5, 5.41) is 2.49. The second kappa shape index (κ2) is 8.23. The Morgan fingerprint density at radius 2 is 2.00 bits per heavy atom. The third kappa shape index (κ3) is 9.15. The van der Waals surface area contributed by atoms with E-state index < -0.39 is 10.1 Å². The number of rotatable bonds is 9. The topological polar surface area (TPSA) is 75.7 Å². The fraction of sp³-hybridized carbons (Fsp3) is 0.727. The second-order valence-corrected chi connectivity index (χ2v) is 6.04. The molecule has 0 heterocycles. The zero-order chi connectivity index (χ0) is 14.2.